The van der Waals surface area contributed by atoms with E-state index >= 15 is 0 Å². The average Bonchev–Trinajstić information content (AvgIpc) is 2.29. The van der Waals surface area contributed by atoms with E-state index in [4.69, 9.17) is 10.5 Å². The van der Waals surface area contributed by atoms with Crippen LogP contribution < -0.4 is 11.1 Å². The molecule has 3 N–H and O–H groups in total. The summed E-state index contributed by atoms with van der Waals surface area (Å²) in [4.78, 5) is 8.36. The molecule has 0 saturated heterocycles. The van der Waals surface area contributed by atoms with E-state index in [0.717, 1.165) is 24.2 Å². The van der Waals surface area contributed by atoms with Gasteiger partial charge in [-0.15, -0.1) is 0 Å². The van der Waals surface area contributed by atoms with Gasteiger partial charge in [0.25, 0.3) is 0 Å². The summed E-state index contributed by atoms with van der Waals surface area (Å²) in [5, 5.41) is 3.42. The molecular weight excluding hydrogens is 228 g/mol. The van der Waals surface area contributed by atoms with Crippen LogP contribution in [-0.2, 0) is 4.74 Å². The van der Waals surface area contributed by atoms with Crippen molar-refractivity contribution in [2.24, 2.45) is 0 Å². The first kappa shape index (κ1) is 14.7. The lowest BCUT2D eigenvalue weighted by Gasteiger charge is -2.21. The third-order valence-corrected chi connectivity index (χ3v) is 2.84. The summed E-state index contributed by atoms with van der Waals surface area (Å²) in [5.74, 6) is 1.67. The van der Waals surface area contributed by atoms with Crippen molar-refractivity contribution >= 4 is 11.6 Å². The van der Waals surface area contributed by atoms with Crippen LogP contribution in [0.4, 0.5) is 11.6 Å². The summed E-state index contributed by atoms with van der Waals surface area (Å²) in [7, 11) is 1.71. The zero-order valence-electron chi connectivity index (χ0n) is 11.7. The van der Waals surface area contributed by atoms with Crippen molar-refractivity contribution in [3.05, 3.63) is 11.9 Å². The topological polar surface area (TPSA) is 73.1 Å². The molecule has 0 bridgehead atoms. The monoisotopic (exact) mass is 252 g/mol. The second-order valence-electron chi connectivity index (χ2n) is 4.76. The molecule has 0 aromatic carbocycles. The number of rotatable bonds is 7. The Labute approximate surface area is 109 Å². The molecule has 102 valence electrons. The third-order valence-electron chi connectivity index (χ3n) is 2.84. The summed E-state index contributed by atoms with van der Waals surface area (Å²) in [6.07, 6.45) is 3.63. The van der Waals surface area contributed by atoms with E-state index in [1.807, 2.05) is 0 Å². The largest absolute Gasteiger partial charge is 0.383 e. The molecule has 1 aromatic heterocycles. The summed E-state index contributed by atoms with van der Waals surface area (Å²) >= 11 is 0. The molecule has 0 amide bonds. The van der Waals surface area contributed by atoms with Crippen LogP contribution >= 0.6 is 0 Å². The molecular formula is C13H24N4O. The van der Waals surface area contributed by atoms with Gasteiger partial charge in [-0.2, -0.15) is 0 Å². The van der Waals surface area contributed by atoms with Gasteiger partial charge in [0.2, 0.25) is 0 Å². The molecule has 1 aromatic rings. The number of hydrogen-bond donors (Lipinski definition) is 2. The minimum atomic E-state index is 0.256. The molecule has 0 fully saturated rings. The van der Waals surface area contributed by atoms with Crippen LogP contribution in [0, 0.1) is 0 Å². The average molecular weight is 252 g/mol. The number of methoxy groups -OCH3 is 1. The predicted molar refractivity (Wildman–Crippen MR) is 74.7 cm³/mol. The minimum Gasteiger partial charge on any atom is -0.383 e. The Kier molecular flexibility index (Phi) is 5.85. The third kappa shape index (κ3) is 3.84. The van der Waals surface area contributed by atoms with Crippen molar-refractivity contribution in [2.45, 2.75) is 45.6 Å². The predicted octanol–water partition coefficient (Wildman–Crippen LogP) is 2.41. The quantitative estimate of drug-likeness (QED) is 0.779. The maximum atomic E-state index is 5.92. The van der Waals surface area contributed by atoms with E-state index in [0.29, 0.717) is 18.3 Å². The molecule has 0 spiro atoms. The molecule has 1 rings (SSSR count). The number of anilines is 2. The molecule has 0 aliphatic rings. The normalized spacial score (nSPS) is 12.7. The van der Waals surface area contributed by atoms with Gasteiger partial charge in [0.05, 0.1) is 12.6 Å². The number of hydrogen-bond acceptors (Lipinski definition) is 5. The van der Waals surface area contributed by atoms with Crippen LogP contribution in [0.5, 0.6) is 0 Å². The fourth-order valence-corrected chi connectivity index (χ4v) is 2.03. The van der Waals surface area contributed by atoms with E-state index in [1.54, 1.807) is 7.11 Å². The molecule has 5 heteroatoms. The van der Waals surface area contributed by atoms with Gasteiger partial charge in [-0.05, 0) is 12.3 Å². The van der Waals surface area contributed by atoms with E-state index in [9.17, 15) is 0 Å². The Morgan fingerprint density at radius 2 is 2.11 bits per heavy atom. The molecule has 0 aliphatic carbocycles. The van der Waals surface area contributed by atoms with Crippen LogP contribution in [0.25, 0.3) is 0 Å². The maximum Gasteiger partial charge on any atom is 0.135 e. The molecule has 1 unspecified atom stereocenters. The highest BCUT2D eigenvalue weighted by molar-refractivity contribution is 5.57. The van der Waals surface area contributed by atoms with E-state index in [-0.39, 0.29) is 6.04 Å². The maximum absolute atomic E-state index is 5.92. The first-order valence-electron chi connectivity index (χ1n) is 6.45. The van der Waals surface area contributed by atoms with Gasteiger partial charge in [0.1, 0.15) is 18.0 Å². The van der Waals surface area contributed by atoms with Gasteiger partial charge >= 0.3 is 0 Å². The van der Waals surface area contributed by atoms with Crippen LogP contribution in [0.15, 0.2) is 6.33 Å². The van der Waals surface area contributed by atoms with E-state index < -0.39 is 0 Å². The highest BCUT2D eigenvalue weighted by Crippen LogP contribution is 2.27. The highest BCUT2D eigenvalue weighted by Gasteiger charge is 2.16. The number of aromatic nitrogens is 2. The van der Waals surface area contributed by atoms with E-state index in [1.165, 1.54) is 6.33 Å². The van der Waals surface area contributed by atoms with Crippen LogP contribution in [0.3, 0.4) is 0 Å². The number of ether oxygens (including phenoxy) is 1. The van der Waals surface area contributed by atoms with Gasteiger partial charge < -0.3 is 15.8 Å². The van der Waals surface area contributed by atoms with Gasteiger partial charge in [-0.1, -0.05) is 27.2 Å². The number of nitrogens with zero attached hydrogens (tertiary/aromatic N) is 2. The molecule has 18 heavy (non-hydrogen) atoms. The van der Waals surface area contributed by atoms with E-state index in [2.05, 4.69) is 36.1 Å². The Morgan fingerprint density at radius 3 is 2.67 bits per heavy atom. The zero-order valence-corrected chi connectivity index (χ0v) is 11.7. The standard InChI is InChI=1S/C13H24N4O/c1-5-6-10(7-18-4)17-13-11(9(2)3)12(14)15-8-16-13/h8-10H,5-7H2,1-4H3,(H3,14,15,16,17). The van der Waals surface area contributed by atoms with Gasteiger partial charge in [-0.25, -0.2) is 9.97 Å². The van der Waals surface area contributed by atoms with Crippen molar-refractivity contribution in [1.82, 2.24) is 9.97 Å². The zero-order chi connectivity index (χ0) is 13.5. The molecule has 0 radical (unpaired) electrons. The highest BCUT2D eigenvalue weighted by atomic mass is 16.5. The van der Waals surface area contributed by atoms with Crippen LogP contribution in [0.1, 0.15) is 45.1 Å². The fourth-order valence-electron chi connectivity index (χ4n) is 2.03. The van der Waals surface area contributed by atoms with Crippen molar-refractivity contribution in [2.75, 3.05) is 24.8 Å². The molecule has 1 atom stereocenters. The second kappa shape index (κ2) is 7.16. The summed E-state index contributed by atoms with van der Waals surface area (Å²) in [5.41, 5.74) is 6.90. The Hall–Kier alpha value is -1.36. The van der Waals surface area contributed by atoms with Crippen LogP contribution in [-0.4, -0.2) is 29.7 Å². The smallest absolute Gasteiger partial charge is 0.135 e. The Bertz CT molecular complexity index is 362. The van der Waals surface area contributed by atoms with Crippen molar-refractivity contribution < 1.29 is 4.74 Å². The number of nitrogens with one attached hydrogen (secondary N) is 1. The van der Waals surface area contributed by atoms with Crippen molar-refractivity contribution in [3.8, 4) is 0 Å². The number of nitrogen functional groups attached to an aromatic ring is 1. The van der Waals surface area contributed by atoms with Crippen molar-refractivity contribution in [3.63, 3.8) is 0 Å². The summed E-state index contributed by atoms with van der Waals surface area (Å²) < 4.78 is 5.22. The Morgan fingerprint density at radius 1 is 1.39 bits per heavy atom. The van der Waals surface area contributed by atoms with Gasteiger partial charge in [0.15, 0.2) is 0 Å². The Balaban J connectivity index is 2.91. The fraction of sp³-hybridized carbons (Fsp3) is 0.692. The molecule has 0 saturated carbocycles. The van der Waals surface area contributed by atoms with Crippen molar-refractivity contribution in [1.29, 1.82) is 0 Å². The van der Waals surface area contributed by atoms with Crippen LogP contribution in [0.2, 0.25) is 0 Å². The molecule has 0 aliphatic heterocycles. The van der Waals surface area contributed by atoms with Gasteiger partial charge in [0, 0.05) is 12.7 Å². The summed E-state index contributed by atoms with van der Waals surface area (Å²) in [6, 6.07) is 0.256. The molecule has 1 heterocycles. The van der Waals surface area contributed by atoms with Gasteiger partial charge in [-0.3, -0.25) is 0 Å². The molecule has 5 nitrogen and oxygen atoms in total. The second-order valence-corrected chi connectivity index (χ2v) is 4.76. The SMILES string of the molecule is CCCC(COC)Nc1ncnc(N)c1C(C)C. The lowest BCUT2D eigenvalue weighted by atomic mass is 10.0. The summed E-state index contributed by atoms with van der Waals surface area (Å²) in [6.45, 7) is 6.99. The first-order chi connectivity index (χ1) is 8.60. The first-order valence-corrected chi connectivity index (χ1v) is 6.45. The minimum absolute atomic E-state index is 0.256. The lowest BCUT2D eigenvalue weighted by molar-refractivity contribution is 0.182. The number of nitrogens with two attached hydrogens (primary N) is 1. The lowest BCUT2D eigenvalue weighted by Crippen LogP contribution is -2.26.